The van der Waals surface area contributed by atoms with Gasteiger partial charge >= 0.3 is 0 Å². The Labute approximate surface area is 181 Å². The van der Waals surface area contributed by atoms with E-state index >= 15 is 0 Å². The number of nitrogens with zero attached hydrogens (tertiary/aromatic N) is 5. The summed E-state index contributed by atoms with van der Waals surface area (Å²) in [6.07, 6.45) is 5.52. The molecule has 2 amide bonds. The monoisotopic (exact) mass is 418 g/mol. The van der Waals surface area contributed by atoms with E-state index in [-0.39, 0.29) is 24.7 Å². The van der Waals surface area contributed by atoms with E-state index < -0.39 is 0 Å². The van der Waals surface area contributed by atoms with Crippen LogP contribution in [0.4, 0.5) is 11.6 Å². The molecule has 0 spiro atoms. The van der Waals surface area contributed by atoms with Crippen LogP contribution in [0.15, 0.2) is 42.9 Å². The van der Waals surface area contributed by atoms with Crippen LogP contribution in [0.25, 0.3) is 11.1 Å². The third-order valence-electron chi connectivity index (χ3n) is 5.24. The maximum absolute atomic E-state index is 12.8. The normalized spacial score (nSPS) is 15.5. The van der Waals surface area contributed by atoms with Crippen LogP contribution in [-0.4, -0.2) is 38.1 Å². The van der Waals surface area contributed by atoms with Gasteiger partial charge in [0.25, 0.3) is 0 Å². The molecule has 3 aromatic heterocycles. The van der Waals surface area contributed by atoms with Crippen LogP contribution in [-0.2, 0) is 16.1 Å². The Balaban J connectivity index is 1.34. The topological polar surface area (TPSA) is 93.0 Å². The molecule has 0 fully saturated rings. The molecule has 0 saturated carbocycles. The Bertz CT molecular complexity index is 1110. The van der Waals surface area contributed by atoms with Crippen molar-refractivity contribution >= 4 is 23.5 Å². The molecule has 0 saturated heterocycles. The standard InChI is InChI=1S/C23H26N6O2/c1-15-8-19(11-24-10-15)18-4-5-20(25-12-18)26-21(30)6-7-23(31)28-13-16(2)14-29-22(28)9-17(3)27-29/h4-5,8-12,16H,6-7,13-14H2,1-3H3,(H,25,26,30)/t16-/m1/s1. The molecule has 0 aromatic carbocycles. The van der Waals surface area contributed by atoms with E-state index in [0.29, 0.717) is 18.3 Å². The minimum Gasteiger partial charge on any atom is -0.311 e. The zero-order valence-electron chi connectivity index (χ0n) is 18.0. The highest BCUT2D eigenvalue weighted by Crippen LogP contribution is 2.25. The summed E-state index contributed by atoms with van der Waals surface area (Å²) in [5.74, 6) is 1.28. The van der Waals surface area contributed by atoms with Crippen molar-refractivity contribution in [3.05, 3.63) is 54.1 Å². The molecule has 0 unspecified atom stereocenters. The van der Waals surface area contributed by atoms with Crippen LogP contribution in [0.3, 0.4) is 0 Å². The van der Waals surface area contributed by atoms with E-state index in [2.05, 4.69) is 27.3 Å². The molecular weight excluding hydrogens is 392 g/mol. The third kappa shape index (κ3) is 4.79. The number of carbonyl (C=O) groups excluding carboxylic acids is 2. The Morgan fingerprint density at radius 2 is 1.90 bits per heavy atom. The predicted octanol–water partition coefficient (Wildman–Crippen LogP) is 3.36. The van der Waals surface area contributed by atoms with Crippen LogP contribution in [0.2, 0.25) is 0 Å². The smallest absolute Gasteiger partial charge is 0.228 e. The number of fused-ring (bicyclic) bond motifs is 1. The highest BCUT2D eigenvalue weighted by molar-refractivity contribution is 5.97. The van der Waals surface area contributed by atoms with Crippen molar-refractivity contribution in [1.29, 1.82) is 0 Å². The van der Waals surface area contributed by atoms with Gasteiger partial charge in [-0.3, -0.25) is 19.5 Å². The van der Waals surface area contributed by atoms with E-state index in [0.717, 1.165) is 34.7 Å². The lowest BCUT2D eigenvalue weighted by atomic mass is 10.1. The van der Waals surface area contributed by atoms with Gasteiger partial charge in [-0.1, -0.05) is 6.92 Å². The van der Waals surface area contributed by atoms with Gasteiger partial charge in [0.2, 0.25) is 11.8 Å². The summed E-state index contributed by atoms with van der Waals surface area (Å²) >= 11 is 0. The molecule has 1 aliphatic heterocycles. The second-order valence-corrected chi connectivity index (χ2v) is 8.17. The van der Waals surface area contributed by atoms with E-state index in [1.165, 1.54) is 0 Å². The average molecular weight is 419 g/mol. The zero-order chi connectivity index (χ0) is 22.0. The molecule has 31 heavy (non-hydrogen) atoms. The average Bonchev–Trinajstić information content (AvgIpc) is 3.11. The maximum atomic E-state index is 12.8. The minimum absolute atomic E-state index is 0.0712. The minimum atomic E-state index is -0.236. The fourth-order valence-electron chi connectivity index (χ4n) is 3.78. The number of pyridine rings is 2. The number of aromatic nitrogens is 4. The Kier molecular flexibility index (Phi) is 5.79. The summed E-state index contributed by atoms with van der Waals surface area (Å²) in [7, 11) is 0. The van der Waals surface area contributed by atoms with Crippen molar-refractivity contribution in [2.75, 3.05) is 16.8 Å². The molecule has 0 radical (unpaired) electrons. The molecule has 1 atom stereocenters. The van der Waals surface area contributed by atoms with Gasteiger partial charge in [-0.2, -0.15) is 5.10 Å². The Morgan fingerprint density at radius 1 is 1.06 bits per heavy atom. The van der Waals surface area contributed by atoms with Crippen molar-refractivity contribution in [3.63, 3.8) is 0 Å². The lowest BCUT2D eigenvalue weighted by molar-refractivity contribution is -0.122. The number of anilines is 2. The van der Waals surface area contributed by atoms with Crippen LogP contribution >= 0.6 is 0 Å². The Hall–Kier alpha value is -3.55. The number of hydrogen-bond acceptors (Lipinski definition) is 5. The largest absolute Gasteiger partial charge is 0.311 e. The second kappa shape index (κ2) is 8.67. The molecule has 8 heteroatoms. The van der Waals surface area contributed by atoms with Crippen molar-refractivity contribution in [2.45, 2.75) is 40.2 Å². The van der Waals surface area contributed by atoms with Gasteiger partial charge in [-0.25, -0.2) is 9.67 Å². The fourth-order valence-corrected chi connectivity index (χ4v) is 3.78. The summed E-state index contributed by atoms with van der Waals surface area (Å²) in [5.41, 5.74) is 3.85. The van der Waals surface area contributed by atoms with Crippen molar-refractivity contribution in [3.8, 4) is 11.1 Å². The number of nitrogens with one attached hydrogen (secondary N) is 1. The molecular formula is C23H26N6O2. The molecule has 8 nitrogen and oxygen atoms in total. The van der Waals surface area contributed by atoms with Crippen molar-refractivity contribution in [1.82, 2.24) is 19.7 Å². The summed E-state index contributed by atoms with van der Waals surface area (Å²) in [5, 5.41) is 7.22. The number of amides is 2. The lowest BCUT2D eigenvalue weighted by Crippen LogP contribution is -2.41. The van der Waals surface area contributed by atoms with Gasteiger partial charge in [0.15, 0.2) is 0 Å². The highest BCUT2D eigenvalue weighted by atomic mass is 16.2. The molecule has 4 rings (SSSR count). The molecule has 0 aliphatic carbocycles. The van der Waals surface area contributed by atoms with Crippen molar-refractivity contribution < 1.29 is 9.59 Å². The Morgan fingerprint density at radius 3 is 2.65 bits per heavy atom. The van der Waals surface area contributed by atoms with Gasteiger partial charge < -0.3 is 5.32 Å². The molecule has 4 heterocycles. The molecule has 1 aliphatic rings. The number of hydrogen-bond donors (Lipinski definition) is 1. The van der Waals surface area contributed by atoms with E-state index in [1.807, 2.05) is 36.7 Å². The first-order valence-corrected chi connectivity index (χ1v) is 10.4. The molecule has 3 aromatic rings. The van der Waals surface area contributed by atoms with Gasteiger partial charge in [0.1, 0.15) is 11.6 Å². The van der Waals surface area contributed by atoms with Crippen LogP contribution in [0.5, 0.6) is 0 Å². The fraction of sp³-hybridized carbons (Fsp3) is 0.348. The zero-order valence-corrected chi connectivity index (χ0v) is 18.0. The van der Waals surface area contributed by atoms with Gasteiger partial charge in [-0.15, -0.1) is 0 Å². The first kappa shape index (κ1) is 20.7. The highest BCUT2D eigenvalue weighted by Gasteiger charge is 2.27. The maximum Gasteiger partial charge on any atom is 0.228 e. The first-order chi connectivity index (χ1) is 14.9. The van der Waals surface area contributed by atoms with E-state index in [1.54, 1.807) is 29.6 Å². The van der Waals surface area contributed by atoms with Crippen LogP contribution in [0, 0.1) is 19.8 Å². The molecule has 160 valence electrons. The number of rotatable bonds is 5. The van der Waals surface area contributed by atoms with Crippen LogP contribution in [0.1, 0.15) is 31.0 Å². The molecule has 1 N–H and O–H groups in total. The van der Waals surface area contributed by atoms with E-state index in [4.69, 9.17) is 0 Å². The summed E-state index contributed by atoms with van der Waals surface area (Å²) in [4.78, 5) is 35.4. The second-order valence-electron chi connectivity index (χ2n) is 8.17. The molecule has 0 bridgehead atoms. The van der Waals surface area contributed by atoms with Gasteiger partial charge in [0.05, 0.1) is 5.69 Å². The number of carbonyl (C=O) groups is 2. The van der Waals surface area contributed by atoms with Crippen LogP contribution < -0.4 is 10.2 Å². The quantitative estimate of drug-likeness (QED) is 0.686. The lowest BCUT2D eigenvalue weighted by Gasteiger charge is -2.31. The summed E-state index contributed by atoms with van der Waals surface area (Å²) in [6.45, 7) is 7.43. The first-order valence-electron chi connectivity index (χ1n) is 10.4. The summed E-state index contributed by atoms with van der Waals surface area (Å²) in [6, 6.07) is 7.59. The van der Waals surface area contributed by atoms with E-state index in [9.17, 15) is 9.59 Å². The van der Waals surface area contributed by atoms with Crippen molar-refractivity contribution in [2.24, 2.45) is 5.92 Å². The number of aryl methyl sites for hydroxylation is 2. The summed E-state index contributed by atoms with van der Waals surface area (Å²) < 4.78 is 1.87. The van der Waals surface area contributed by atoms with Gasteiger partial charge in [-0.05, 0) is 43.5 Å². The van der Waals surface area contributed by atoms with Gasteiger partial charge in [0, 0.05) is 61.7 Å². The third-order valence-corrected chi connectivity index (χ3v) is 5.24. The predicted molar refractivity (Wildman–Crippen MR) is 119 cm³/mol. The SMILES string of the molecule is Cc1cncc(-c2ccc(NC(=O)CCC(=O)N3C[C@@H](C)Cn4nc(C)cc43)nc2)c1.